The van der Waals surface area contributed by atoms with Crippen molar-refractivity contribution < 1.29 is 18.8 Å². The third-order valence-corrected chi connectivity index (χ3v) is 3.63. The lowest BCUT2D eigenvalue weighted by Crippen LogP contribution is -2.44. The lowest BCUT2D eigenvalue weighted by Gasteiger charge is -2.33. The number of methoxy groups -OCH3 is 1. The summed E-state index contributed by atoms with van der Waals surface area (Å²) in [5, 5.41) is 10.8. The molecule has 0 radical (unpaired) electrons. The fourth-order valence-corrected chi connectivity index (χ4v) is 2.65. The molecule has 1 heterocycles. The second-order valence-corrected chi connectivity index (χ2v) is 5.08. The first kappa shape index (κ1) is 15.4. The van der Waals surface area contributed by atoms with Crippen molar-refractivity contribution >= 4 is 11.7 Å². The molecule has 6 nitrogen and oxygen atoms in total. The number of carbonyl (C=O) groups is 1. The highest BCUT2D eigenvalue weighted by molar-refractivity contribution is 5.75. The predicted octanol–water partition coefficient (Wildman–Crippen LogP) is 2.26. The first-order valence-corrected chi connectivity index (χ1v) is 6.77. The molecular weight excluding hydrogens is 279 g/mol. The highest BCUT2D eigenvalue weighted by atomic mass is 19.1. The summed E-state index contributed by atoms with van der Waals surface area (Å²) in [5.41, 5.74) is 0.203. The first-order valence-electron chi connectivity index (χ1n) is 6.77. The number of nitrogens with zero attached hydrogens (tertiary/aromatic N) is 2. The fourth-order valence-electron chi connectivity index (χ4n) is 2.65. The van der Waals surface area contributed by atoms with Crippen molar-refractivity contribution in [1.82, 2.24) is 4.90 Å². The molecule has 0 N–H and O–H groups in total. The van der Waals surface area contributed by atoms with Crippen LogP contribution in [0, 0.1) is 15.9 Å². The molecule has 1 aromatic carbocycles. The zero-order chi connectivity index (χ0) is 15.4. The Kier molecular flexibility index (Phi) is 4.85. The van der Waals surface area contributed by atoms with E-state index in [1.54, 1.807) is 0 Å². The number of piperidine rings is 1. The molecule has 0 saturated carbocycles. The van der Waals surface area contributed by atoms with Gasteiger partial charge < -0.3 is 4.74 Å². The summed E-state index contributed by atoms with van der Waals surface area (Å²) in [7, 11) is 1.34. The molecule has 1 saturated heterocycles. The maximum Gasteiger partial charge on any atom is 0.323 e. The van der Waals surface area contributed by atoms with Gasteiger partial charge in [0.2, 0.25) is 0 Å². The predicted molar refractivity (Wildman–Crippen MR) is 73.1 cm³/mol. The fraction of sp³-hybridized carbons (Fsp3) is 0.500. The SMILES string of the molecule is COC(=O)C1CCCCN1Cc1cc(F)cc([N+](=O)[O-])c1. The number of hydrogen-bond donors (Lipinski definition) is 0. The maximum atomic E-state index is 13.4. The Morgan fingerprint density at radius 2 is 2.24 bits per heavy atom. The molecule has 0 spiro atoms. The quantitative estimate of drug-likeness (QED) is 0.484. The second kappa shape index (κ2) is 6.62. The lowest BCUT2D eigenvalue weighted by molar-refractivity contribution is -0.385. The highest BCUT2D eigenvalue weighted by Gasteiger charge is 2.29. The zero-order valence-electron chi connectivity index (χ0n) is 11.8. The molecule has 1 aromatic rings. The van der Waals surface area contributed by atoms with Crippen molar-refractivity contribution in [3.63, 3.8) is 0 Å². The first-order chi connectivity index (χ1) is 10.0. The second-order valence-electron chi connectivity index (χ2n) is 5.08. The van der Waals surface area contributed by atoms with Crippen LogP contribution in [0.4, 0.5) is 10.1 Å². The average Bonchev–Trinajstić information content (AvgIpc) is 2.46. The topological polar surface area (TPSA) is 72.7 Å². The number of halogens is 1. The Balaban J connectivity index is 2.19. The van der Waals surface area contributed by atoms with Crippen LogP contribution < -0.4 is 0 Å². The number of nitro benzene ring substituents is 1. The summed E-state index contributed by atoms with van der Waals surface area (Å²) in [4.78, 5) is 23.8. The van der Waals surface area contributed by atoms with Crippen molar-refractivity contribution in [1.29, 1.82) is 0 Å². The smallest absolute Gasteiger partial charge is 0.323 e. The van der Waals surface area contributed by atoms with Gasteiger partial charge in [0, 0.05) is 12.6 Å². The summed E-state index contributed by atoms with van der Waals surface area (Å²) >= 11 is 0. The van der Waals surface area contributed by atoms with Crippen molar-refractivity contribution in [2.24, 2.45) is 0 Å². The van der Waals surface area contributed by atoms with Gasteiger partial charge in [-0.25, -0.2) is 4.39 Å². The van der Waals surface area contributed by atoms with Crippen LogP contribution in [0.15, 0.2) is 18.2 Å². The molecule has 0 aliphatic carbocycles. The number of carbonyl (C=O) groups excluding carboxylic acids is 1. The molecule has 0 aromatic heterocycles. The number of non-ortho nitro benzene ring substituents is 1. The zero-order valence-corrected chi connectivity index (χ0v) is 11.8. The van der Waals surface area contributed by atoms with Crippen molar-refractivity contribution in [3.05, 3.63) is 39.7 Å². The van der Waals surface area contributed by atoms with E-state index in [1.807, 2.05) is 4.90 Å². The molecule has 7 heteroatoms. The summed E-state index contributed by atoms with van der Waals surface area (Å²) in [6, 6.07) is 3.12. The van der Waals surface area contributed by atoms with E-state index in [4.69, 9.17) is 4.74 Å². The third kappa shape index (κ3) is 3.75. The number of hydrogen-bond acceptors (Lipinski definition) is 5. The number of benzene rings is 1. The third-order valence-electron chi connectivity index (χ3n) is 3.63. The van der Waals surface area contributed by atoms with E-state index in [9.17, 15) is 19.3 Å². The van der Waals surface area contributed by atoms with Crippen molar-refractivity contribution in [2.45, 2.75) is 31.8 Å². The van der Waals surface area contributed by atoms with E-state index in [-0.39, 0.29) is 17.7 Å². The standard InChI is InChI=1S/C14H17FN2O4/c1-21-14(18)13-4-2-3-5-16(13)9-10-6-11(15)8-12(7-10)17(19)20/h6-8,13H,2-5,9H2,1H3. The van der Waals surface area contributed by atoms with Crippen LogP contribution in [-0.4, -0.2) is 35.5 Å². The van der Waals surface area contributed by atoms with Gasteiger partial charge in [-0.3, -0.25) is 19.8 Å². The van der Waals surface area contributed by atoms with Gasteiger partial charge in [0.15, 0.2) is 0 Å². The van der Waals surface area contributed by atoms with E-state index in [2.05, 4.69) is 0 Å². The minimum atomic E-state index is -0.647. The molecular formula is C14H17FN2O4. The summed E-state index contributed by atoms with van der Waals surface area (Å²) < 4.78 is 18.2. The average molecular weight is 296 g/mol. The van der Waals surface area contributed by atoms with Crippen LogP contribution >= 0.6 is 0 Å². The molecule has 21 heavy (non-hydrogen) atoms. The molecule has 0 bridgehead atoms. The summed E-state index contributed by atoms with van der Waals surface area (Å²) in [5.74, 6) is -0.966. The number of esters is 1. The van der Waals surface area contributed by atoms with E-state index < -0.39 is 10.7 Å². The van der Waals surface area contributed by atoms with Crippen LogP contribution in [-0.2, 0) is 16.1 Å². The minimum Gasteiger partial charge on any atom is -0.468 e. The van der Waals surface area contributed by atoms with Gasteiger partial charge >= 0.3 is 5.97 Å². The maximum absolute atomic E-state index is 13.4. The van der Waals surface area contributed by atoms with Crippen LogP contribution in [0.3, 0.4) is 0 Å². The molecule has 1 fully saturated rings. The normalized spacial score (nSPS) is 19.2. The van der Waals surface area contributed by atoms with E-state index in [0.29, 0.717) is 25.1 Å². The van der Waals surface area contributed by atoms with Crippen molar-refractivity contribution in [3.8, 4) is 0 Å². The molecule has 1 atom stereocenters. The Morgan fingerprint density at radius 3 is 2.90 bits per heavy atom. The molecule has 1 aliphatic rings. The largest absolute Gasteiger partial charge is 0.468 e. The van der Waals surface area contributed by atoms with Gasteiger partial charge in [0.05, 0.1) is 18.1 Å². The Bertz CT molecular complexity index is 550. The van der Waals surface area contributed by atoms with E-state index in [0.717, 1.165) is 18.9 Å². The number of rotatable bonds is 4. The van der Waals surface area contributed by atoms with Crippen LogP contribution in [0.25, 0.3) is 0 Å². The molecule has 0 amide bonds. The number of ether oxygens (including phenoxy) is 1. The van der Waals surface area contributed by atoms with Crippen LogP contribution in [0.2, 0.25) is 0 Å². The monoisotopic (exact) mass is 296 g/mol. The van der Waals surface area contributed by atoms with E-state index >= 15 is 0 Å². The molecule has 1 unspecified atom stereocenters. The summed E-state index contributed by atoms with van der Waals surface area (Å²) in [6.07, 6.45) is 2.55. The van der Waals surface area contributed by atoms with Gasteiger partial charge in [0.25, 0.3) is 5.69 Å². The van der Waals surface area contributed by atoms with Gasteiger partial charge in [0.1, 0.15) is 11.9 Å². The molecule has 114 valence electrons. The van der Waals surface area contributed by atoms with Gasteiger partial charge in [-0.1, -0.05) is 6.42 Å². The van der Waals surface area contributed by atoms with Gasteiger partial charge in [-0.15, -0.1) is 0 Å². The van der Waals surface area contributed by atoms with Crippen LogP contribution in [0.5, 0.6) is 0 Å². The van der Waals surface area contributed by atoms with Crippen molar-refractivity contribution in [2.75, 3.05) is 13.7 Å². The van der Waals surface area contributed by atoms with Gasteiger partial charge in [-0.05, 0) is 31.0 Å². The lowest BCUT2D eigenvalue weighted by atomic mass is 10.0. The van der Waals surface area contributed by atoms with E-state index in [1.165, 1.54) is 19.2 Å². The number of likely N-dealkylation sites (tertiary alicyclic amines) is 1. The van der Waals surface area contributed by atoms with Crippen LogP contribution in [0.1, 0.15) is 24.8 Å². The Labute approximate surface area is 121 Å². The number of nitro groups is 1. The molecule has 1 aliphatic heterocycles. The van der Waals surface area contributed by atoms with Gasteiger partial charge in [-0.2, -0.15) is 0 Å². The Morgan fingerprint density at radius 1 is 1.48 bits per heavy atom. The summed E-state index contributed by atoms with van der Waals surface area (Å²) in [6.45, 7) is 0.975. The highest BCUT2D eigenvalue weighted by Crippen LogP contribution is 2.23. The minimum absolute atomic E-state index is 0.281. The molecule has 2 rings (SSSR count). The Hall–Kier alpha value is -2.02.